The molecule has 0 saturated carbocycles. The number of aromatic nitrogens is 1. The molecule has 0 radical (unpaired) electrons. The topological polar surface area (TPSA) is 48.1 Å². The van der Waals surface area contributed by atoms with Crippen molar-refractivity contribution in [3.63, 3.8) is 0 Å². The maximum absolute atomic E-state index is 5.24. The summed E-state index contributed by atoms with van der Waals surface area (Å²) in [6.45, 7) is 1.05. The average Bonchev–Trinajstić information content (AvgIpc) is 3.11. The van der Waals surface area contributed by atoms with Crippen LogP contribution < -0.4 is 15.0 Å². The number of rotatable bonds is 3. The van der Waals surface area contributed by atoms with Crippen LogP contribution in [0, 0.1) is 0 Å². The number of hydrogen-bond acceptors (Lipinski definition) is 4. The van der Waals surface area contributed by atoms with E-state index < -0.39 is 0 Å². The maximum atomic E-state index is 5.24. The molecule has 0 spiro atoms. The summed E-state index contributed by atoms with van der Waals surface area (Å²) in [5.41, 5.74) is 2.05. The fourth-order valence-corrected chi connectivity index (χ4v) is 2.82. The van der Waals surface area contributed by atoms with Gasteiger partial charge in [0.05, 0.1) is 25.8 Å². The number of benzene rings is 1. The smallest absolute Gasteiger partial charge is 0.277 e. The molecule has 0 atom stereocenters. The Balaban J connectivity index is 1.79. The Hall–Kier alpha value is -1.88. The highest BCUT2D eigenvalue weighted by Gasteiger charge is 2.15. The van der Waals surface area contributed by atoms with Gasteiger partial charge < -0.3 is 4.74 Å². The molecule has 0 unspecified atom stereocenters. The molecule has 2 N–H and O–H groups in total. The first-order valence-corrected chi connectivity index (χ1v) is 7.20. The standard InChI is InChI=1S/C14H15N3OS/c1-18-11-5-2-4-10(8-11)12-9-19-14(16-12)17-13-6-3-7-15-13/h2,4-5,8-9H,3,6-7H2,1H3,(H,15,16,17)/p+1. The molecule has 0 bridgehead atoms. The maximum Gasteiger partial charge on any atom is 0.277 e. The summed E-state index contributed by atoms with van der Waals surface area (Å²) in [6, 6.07) is 7.96. The number of hydrogen-bond donors (Lipinski definition) is 2. The largest absolute Gasteiger partial charge is 0.497 e. The first-order valence-electron chi connectivity index (χ1n) is 6.32. The highest BCUT2D eigenvalue weighted by Crippen LogP contribution is 2.27. The zero-order chi connectivity index (χ0) is 13.1. The molecule has 1 aliphatic heterocycles. The zero-order valence-corrected chi connectivity index (χ0v) is 11.6. The highest BCUT2D eigenvalue weighted by molar-refractivity contribution is 7.14. The van der Waals surface area contributed by atoms with E-state index in [1.807, 2.05) is 24.3 Å². The molecule has 19 heavy (non-hydrogen) atoms. The van der Waals surface area contributed by atoms with E-state index in [1.165, 1.54) is 12.3 Å². The number of thiazole rings is 1. The SMILES string of the molecule is COc1cccc(-c2csc(NC3=[NH+]CCC3)n2)c1. The normalized spacial score (nSPS) is 14.3. The summed E-state index contributed by atoms with van der Waals surface area (Å²) in [5.74, 6) is 2.03. The summed E-state index contributed by atoms with van der Waals surface area (Å²) in [6.07, 6.45) is 2.27. The van der Waals surface area contributed by atoms with Crippen LogP contribution in [0.25, 0.3) is 11.3 Å². The van der Waals surface area contributed by atoms with Crippen molar-refractivity contribution in [2.45, 2.75) is 12.8 Å². The van der Waals surface area contributed by atoms with Gasteiger partial charge in [0.25, 0.3) is 5.13 Å². The van der Waals surface area contributed by atoms with Crippen LogP contribution in [0.1, 0.15) is 12.8 Å². The molecular weight excluding hydrogens is 258 g/mol. The van der Waals surface area contributed by atoms with Crippen molar-refractivity contribution in [3.8, 4) is 17.0 Å². The second-order valence-electron chi connectivity index (χ2n) is 4.40. The molecule has 0 fully saturated rings. The first-order chi connectivity index (χ1) is 9.35. The Kier molecular flexibility index (Phi) is 3.46. The Morgan fingerprint density at radius 3 is 3.16 bits per heavy atom. The molecule has 1 aromatic heterocycles. The van der Waals surface area contributed by atoms with Gasteiger partial charge in [-0.25, -0.2) is 5.32 Å². The van der Waals surface area contributed by atoms with Crippen LogP contribution in [0.2, 0.25) is 0 Å². The monoisotopic (exact) mass is 274 g/mol. The van der Waals surface area contributed by atoms with Gasteiger partial charge >= 0.3 is 0 Å². The van der Waals surface area contributed by atoms with E-state index in [1.54, 1.807) is 18.4 Å². The van der Waals surface area contributed by atoms with E-state index in [4.69, 9.17) is 4.74 Å². The highest BCUT2D eigenvalue weighted by atomic mass is 32.1. The van der Waals surface area contributed by atoms with Crippen LogP contribution in [-0.2, 0) is 0 Å². The number of nitrogens with zero attached hydrogens (tertiary/aromatic N) is 1. The second-order valence-corrected chi connectivity index (χ2v) is 5.26. The summed E-state index contributed by atoms with van der Waals surface area (Å²) < 4.78 is 5.24. The first kappa shape index (κ1) is 12.2. The fourth-order valence-electron chi connectivity index (χ4n) is 2.07. The Morgan fingerprint density at radius 1 is 1.42 bits per heavy atom. The van der Waals surface area contributed by atoms with Gasteiger partial charge in [0.2, 0.25) is 5.84 Å². The summed E-state index contributed by atoms with van der Waals surface area (Å²) in [4.78, 5) is 7.93. The van der Waals surface area contributed by atoms with Crippen molar-refractivity contribution in [1.29, 1.82) is 0 Å². The zero-order valence-electron chi connectivity index (χ0n) is 10.8. The molecule has 98 valence electrons. The van der Waals surface area contributed by atoms with Crippen LogP contribution in [0.3, 0.4) is 0 Å². The minimum absolute atomic E-state index is 0.854. The van der Waals surface area contributed by atoms with Gasteiger partial charge in [-0.2, -0.15) is 4.98 Å². The lowest BCUT2D eigenvalue weighted by Crippen LogP contribution is -2.70. The van der Waals surface area contributed by atoms with Gasteiger partial charge in [-0.1, -0.05) is 23.5 Å². The summed E-state index contributed by atoms with van der Waals surface area (Å²) in [5, 5.41) is 6.34. The lowest BCUT2D eigenvalue weighted by Gasteiger charge is -2.01. The average molecular weight is 274 g/mol. The second kappa shape index (κ2) is 5.40. The number of ether oxygens (including phenoxy) is 1. The van der Waals surface area contributed by atoms with Crippen molar-refractivity contribution >= 4 is 22.3 Å². The van der Waals surface area contributed by atoms with Crippen molar-refractivity contribution in [1.82, 2.24) is 4.98 Å². The van der Waals surface area contributed by atoms with Crippen LogP contribution in [0.5, 0.6) is 5.75 Å². The number of methoxy groups -OCH3 is 1. The van der Waals surface area contributed by atoms with Gasteiger partial charge in [-0.3, -0.25) is 4.99 Å². The summed E-state index contributed by atoms with van der Waals surface area (Å²) >= 11 is 1.62. The summed E-state index contributed by atoms with van der Waals surface area (Å²) in [7, 11) is 1.68. The molecular formula is C14H16N3OS+. The van der Waals surface area contributed by atoms with E-state index in [2.05, 4.69) is 20.7 Å². The predicted molar refractivity (Wildman–Crippen MR) is 77.8 cm³/mol. The molecule has 1 aliphatic rings. The molecule has 3 rings (SSSR count). The third-order valence-electron chi connectivity index (χ3n) is 3.07. The van der Waals surface area contributed by atoms with Crippen molar-refractivity contribution < 1.29 is 9.73 Å². The molecule has 0 saturated heterocycles. The third kappa shape index (κ3) is 2.76. The molecule has 0 aliphatic carbocycles. The van der Waals surface area contributed by atoms with Gasteiger partial charge in [0.1, 0.15) is 5.75 Å². The molecule has 1 aromatic carbocycles. The Bertz CT molecular complexity index is 606. The molecule has 0 amide bonds. The van der Waals surface area contributed by atoms with Crippen LogP contribution in [0.15, 0.2) is 29.6 Å². The van der Waals surface area contributed by atoms with Crippen LogP contribution in [-0.4, -0.2) is 24.5 Å². The van der Waals surface area contributed by atoms with Gasteiger partial charge in [0.15, 0.2) is 0 Å². The molecule has 4 nitrogen and oxygen atoms in total. The number of nitrogens with one attached hydrogen (secondary N) is 2. The van der Waals surface area contributed by atoms with E-state index in [0.717, 1.165) is 35.1 Å². The Labute approximate surface area is 116 Å². The van der Waals surface area contributed by atoms with E-state index in [9.17, 15) is 0 Å². The minimum atomic E-state index is 0.854. The van der Waals surface area contributed by atoms with E-state index in [0.29, 0.717) is 0 Å². The van der Waals surface area contributed by atoms with Gasteiger partial charge in [0, 0.05) is 10.9 Å². The van der Waals surface area contributed by atoms with Gasteiger partial charge in [-0.05, 0) is 18.6 Å². The van der Waals surface area contributed by atoms with E-state index in [-0.39, 0.29) is 0 Å². The van der Waals surface area contributed by atoms with E-state index >= 15 is 0 Å². The van der Waals surface area contributed by atoms with Crippen molar-refractivity contribution in [2.24, 2.45) is 0 Å². The fraction of sp³-hybridized carbons (Fsp3) is 0.286. The van der Waals surface area contributed by atoms with Crippen molar-refractivity contribution in [3.05, 3.63) is 29.6 Å². The number of amidine groups is 1. The lowest BCUT2D eigenvalue weighted by atomic mass is 10.2. The van der Waals surface area contributed by atoms with Crippen molar-refractivity contribution in [2.75, 3.05) is 19.0 Å². The molecule has 2 aromatic rings. The van der Waals surface area contributed by atoms with Crippen LogP contribution in [0.4, 0.5) is 5.13 Å². The third-order valence-corrected chi connectivity index (χ3v) is 3.83. The number of anilines is 1. The van der Waals surface area contributed by atoms with Crippen LogP contribution >= 0.6 is 11.3 Å². The Morgan fingerprint density at radius 2 is 2.37 bits per heavy atom. The minimum Gasteiger partial charge on any atom is -0.497 e. The quantitative estimate of drug-likeness (QED) is 0.892. The molecule has 5 heteroatoms. The molecule has 2 heterocycles. The lowest BCUT2D eigenvalue weighted by molar-refractivity contribution is -0.447. The predicted octanol–water partition coefficient (Wildman–Crippen LogP) is 1.50. The van der Waals surface area contributed by atoms with Gasteiger partial charge in [-0.15, -0.1) is 0 Å².